The summed E-state index contributed by atoms with van der Waals surface area (Å²) in [5, 5.41) is 10.4. The van der Waals surface area contributed by atoms with E-state index in [1.165, 1.54) is 51.4 Å². The second kappa shape index (κ2) is 6.61. The summed E-state index contributed by atoms with van der Waals surface area (Å²) in [4.78, 5) is 2.27. The molecule has 16 heavy (non-hydrogen) atoms. The molecule has 0 saturated heterocycles. The topological polar surface area (TPSA) is 23.5 Å². The summed E-state index contributed by atoms with van der Waals surface area (Å²) in [5.41, 5.74) is 0.0895. The average molecular weight is 227 g/mol. The molecule has 1 rings (SSSR count). The van der Waals surface area contributed by atoms with E-state index < -0.39 is 0 Å². The molecule has 0 radical (unpaired) electrons. The summed E-state index contributed by atoms with van der Waals surface area (Å²) in [6.45, 7) is 2.23. The van der Waals surface area contributed by atoms with E-state index in [0.29, 0.717) is 0 Å². The molecule has 1 unspecified atom stereocenters. The van der Waals surface area contributed by atoms with Crippen molar-refractivity contribution in [2.75, 3.05) is 14.1 Å². The van der Waals surface area contributed by atoms with Crippen molar-refractivity contribution in [3.05, 3.63) is 0 Å². The summed E-state index contributed by atoms with van der Waals surface area (Å²) in [6.07, 6.45) is 10.8. The Bertz CT molecular complexity index is 185. The summed E-state index contributed by atoms with van der Waals surface area (Å²) in [7, 11) is 4.25. The molecule has 1 fully saturated rings. The quantitative estimate of drug-likeness (QED) is 0.675. The highest BCUT2D eigenvalue weighted by Gasteiger charge is 2.41. The molecule has 0 aromatic carbocycles. The normalized spacial score (nSPS) is 21.6. The van der Waals surface area contributed by atoms with E-state index in [-0.39, 0.29) is 11.6 Å². The predicted octanol–water partition coefficient (Wildman–Crippen LogP) is 3.19. The van der Waals surface area contributed by atoms with Crippen LogP contribution in [0.3, 0.4) is 0 Å². The molecule has 1 atom stereocenters. The third-order valence-electron chi connectivity index (χ3n) is 4.31. The van der Waals surface area contributed by atoms with Crippen molar-refractivity contribution < 1.29 is 5.11 Å². The SMILES string of the molecule is CCCCCCC(O)C1(N(C)C)CCCC1. The fraction of sp³-hybridized carbons (Fsp3) is 1.00. The van der Waals surface area contributed by atoms with Crippen molar-refractivity contribution in [2.24, 2.45) is 0 Å². The molecule has 0 aromatic rings. The Hall–Kier alpha value is -0.0800. The molecule has 0 spiro atoms. The van der Waals surface area contributed by atoms with Crippen LogP contribution in [0.2, 0.25) is 0 Å². The van der Waals surface area contributed by atoms with Crippen LogP contribution in [-0.4, -0.2) is 35.7 Å². The van der Waals surface area contributed by atoms with Crippen LogP contribution < -0.4 is 0 Å². The van der Waals surface area contributed by atoms with E-state index >= 15 is 0 Å². The number of rotatable bonds is 7. The number of aliphatic hydroxyl groups is 1. The van der Waals surface area contributed by atoms with Gasteiger partial charge < -0.3 is 10.0 Å². The molecule has 0 aliphatic heterocycles. The molecule has 0 bridgehead atoms. The number of hydrogen-bond acceptors (Lipinski definition) is 2. The molecular weight excluding hydrogens is 198 g/mol. The van der Waals surface area contributed by atoms with Gasteiger partial charge in [-0.15, -0.1) is 0 Å². The molecule has 1 aliphatic carbocycles. The van der Waals surface area contributed by atoms with Crippen LogP contribution in [0.1, 0.15) is 64.7 Å². The highest BCUT2D eigenvalue weighted by atomic mass is 16.3. The van der Waals surface area contributed by atoms with Crippen molar-refractivity contribution >= 4 is 0 Å². The second-order valence-corrected chi connectivity index (χ2v) is 5.57. The number of likely N-dealkylation sites (N-methyl/N-ethyl adjacent to an activating group) is 1. The van der Waals surface area contributed by atoms with E-state index in [1.54, 1.807) is 0 Å². The van der Waals surface area contributed by atoms with Gasteiger partial charge in [0.15, 0.2) is 0 Å². The standard InChI is InChI=1S/C14H29NO/c1-4-5-6-7-10-13(16)14(15(2)3)11-8-9-12-14/h13,16H,4-12H2,1-3H3. The second-order valence-electron chi connectivity index (χ2n) is 5.57. The van der Waals surface area contributed by atoms with E-state index in [0.717, 1.165) is 6.42 Å². The van der Waals surface area contributed by atoms with Crippen LogP contribution in [0.4, 0.5) is 0 Å². The number of unbranched alkanes of at least 4 members (excludes halogenated alkanes) is 3. The van der Waals surface area contributed by atoms with Crippen LogP contribution >= 0.6 is 0 Å². The van der Waals surface area contributed by atoms with Crippen molar-refractivity contribution in [2.45, 2.75) is 76.4 Å². The molecule has 1 saturated carbocycles. The van der Waals surface area contributed by atoms with Gasteiger partial charge in [0.25, 0.3) is 0 Å². The number of hydrogen-bond donors (Lipinski definition) is 1. The smallest absolute Gasteiger partial charge is 0.0723 e. The average Bonchev–Trinajstić information content (AvgIpc) is 2.74. The maximum atomic E-state index is 10.4. The van der Waals surface area contributed by atoms with Crippen LogP contribution in [0.15, 0.2) is 0 Å². The minimum Gasteiger partial charge on any atom is -0.391 e. The zero-order valence-corrected chi connectivity index (χ0v) is 11.3. The minimum atomic E-state index is -0.123. The fourth-order valence-corrected chi connectivity index (χ4v) is 3.10. The Labute approximate surface area is 101 Å². The first-order chi connectivity index (χ1) is 7.63. The van der Waals surface area contributed by atoms with Gasteiger partial charge in [0, 0.05) is 5.54 Å². The summed E-state index contributed by atoms with van der Waals surface area (Å²) >= 11 is 0. The summed E-state index contributed by atoms with van der Waals surface area (Å²) in [5.74, 6) is 0. The molecule has 2 heteroatoms. The van der Waals surface area contributed by atoms with Crippen molar-refractivity contribution in [3.8, 4) is 0 Å². The van der Waals surface area contributed by atoms with Gasteiger partial charge in [-0.3, -0.25) is 0 Å². The molecule has 0 aromatic heterocycles. The maximum Gasteiger partial charge on any atom is 0.0723 e. The minimum absolute atomic E-state index is 0.0895. The van der Waals surface area contributed by atoms with Gasteiger partial charge in [0.2, 0.25) is 0 Å². The molecule has 2 nitrogen and oxygen atoms in total. The molecular formula is C14H29NO. The van der Waals surface area contributed by atoms with E-state index in [2.05, 4.69) is 25.9 Å². The highest BCUT2D eigenvalue weighted by Crippen LogP contribution is 2.38. The monoisotopic (exact) mass is 227 g/mol. The van der Waals surface area contributed by atoms with Crippen LogP contribution in [0.25, 0.3) is 0 Å². The molecule has 0 heterocycles. The van der Waals surface area contributed by atoms with Gasteiger partial charge in [0.1, 0.15) is 0 Å². The Balaban J connectivity index is 2.39. The van der Waals surface area contributed by atoms with Gasteiger partial charge in [0.05, 0.1) is 6.10 Å². The van der Waals surface area contributed by atoms with E-state index in [9.17, 15) is 5.11 Å². The first kappa shape index (κ1) is 14.0. The van der Waals surface area contributed by atoms with Crippen molar-refractivity contribution in [1.82, 2.24) is 4.90 Å². The summed E-state index contributed by atoms with van der Waals surface area (Å²) < 4.78 is 0. The van der Waals surface area contributed by atoms with E-state index in [4.69, 9.17) is 0 Å². The van der Waals surface area contributed by atoms with Gasteiger partial charge in [-0.2, -0.15) is 0 Å². The maximum absolute atomic E-state index is 10.4. The lowest BCUT2D eigenvalue weighted by atomic mass is 9.86. The highest BCUT2D eigenvalue weighted by molar-refractivity contribution is 4.98. The third kappa shape index (κ3) is 3.21. The Morgan fingerprint density at radius 2 is 1.75 bits per heavy atom. The Morgan fingerprint density at radius 1 is 1.12 bits per heavy atom. The first-order valence-corrected chi connectivity index (χ1v) is 6.99. The third-order valence-corrected chi connectivity index (χ3v) is 4.31. The predicted molar refractivity (Wildman–Crippen MR) is 69.7 cm³/mol. The summed E-state index contributed by atoms with van der Waals surface area (Å²) in [6, 6.07) is 0. The zero-order chi connectivity index (χ0) is 12.0. The number of aliphatic hydroxyl groups excluding tert-OH is 1. The van der Waals surface area contributed by atoms with Gasteiger partial charge in [-0.05, 0) is 33.4 Å². The van der Waals surface area contributed by atoms with Crippen LogP contribution in [-0.2, 0) is 0 Å². The molecule has 1 N–H and O–H groups in total. The lowest BCUT2D eigenvalue weighted by molar-refractivity contribution is -0.00912. The Morgan fingerprint density at radius 3 is 2.25 bits per heavy atom. The zero-order valence-electron chi connectivity index (χ0n) is 11.3. The molecule has 0 amide bonds. The van der Waals surface area contributed by atoms with Gasteiger partial charge in [-0.25, -0.2) is 0 Å². The molecule has 1 aliphatic rings. The van der Waals surface area contributed by atoms with Crippen molar-refractivity contribution in [1.29, 1.82) is 0 Å². The van der Waals surface area contributed by atoms with Gasteiger partial charge >= 0.3 is 0 Å². The van der Waals surface area contributed by atoms with Gasteiger partial charge in [-0.1, -0.05) is 45.4 Å². The van der Waals surface area contributed by atoms with E-state index in [1.807, 2.05) is 0 Å². The largest absolute Gasteiger partial charge is 0.391 e. The first-order valence-electron chi connectivity index (χ1n) is 6.99. The van der Waals surface area contributed by atoms with Crippen LogP contribution in [0.5, 0.6) is 0 Å². The van der Waals surface area contributed by atoms with Crippen molar-refractivity contribution in [3.63, 3.8) is 0 Å². The lowest BCUT2D eigenvalue weighted by Gasteiger charge is -2.40. The lowest BCUT2D eigenvalue weighted by Crippen LogP contribution is -2.51. The fourth-order valence-electron chi connectivity index (χ4n) is 3.10. The molecule has 96 valence electrons. The number of nitrogens with zero attached hydrogens (tertiary/aromatic N) is 1. The Kier molecular flexibility index (Phi) is 5.77. The van der Waals surface area contributed by atoms with Crippen LogP contribution in [0, 0.1) is 0 Å².